The summed E-state index contributed by atoms with van der Waals surface area (Å²) in [5, 5.41) is 1.77. The molecule has 1 heterocycles. The molecule has 0 aliphatic heterocycles. The van der Waals surface area contributed by atoms with Gasteiger partial charge in [-0.2, -0.15) is 0 Å². The zero-order chi connectivity index (χ0) is 22.6. The summed E-state index contributed by atoms with van der Waals surface area (Å²) in [6.45, 7) is 1.66. The van der Waals surface area contributed by atoms with E-state index < -0.39 is 26.6 Å². The van der Waals surface area contributed by atoms with Gasteiger partial charge in [0.25, 0.3) is 10.0 Å². The number of ether oxygens (including phenoxy) is 2. The van der Waals surface area contributed by atoms with Crippen LogP contribution in [-0.2, 0) is 23.0 Å². The van der Waals surface area contributed by atoms with Crippen molar-refractivity contribution >= 4 is 26.5 Å². The normalized spacial score (nSPS) is 11.4. The van der Waals surface area contributed by atoms with E-state index in [2.05, 4.69) is 4.98 Å². The van der Waals surface area contributed by atoms with Crippen molar-refractivity contribution < 1.29 is 26.7 Å². The van der Waals surface area contributed by atoms with E-state index in [1.165, 1.54) is 20.4 Å². The summed E-state index contributed by atoms with van der Waals surface area (Å²) in [4.78, 5) is 3.51. The minimum atomic E-state index is -4.40. The van der Waals surface area contributed by atoms with E-state index in [0.717, 1.165) is 21.7 Å². The number of benzene rings is 2. The molecule has 10 heteroatoms. The van der Waals surface area contributed by atoms with E-state index in [1.807, 2.05) is 6.92 Å². The number of rotatable bonds is 9. The summed E-state index contributed by atoms with van der Waals surface area (Å²) in [7, 11) is -1.44. The van der Waals surface area contributed by atoms with Crippen LogP contribution in [0.25, 0.3) is 0 Å². The van der Waals surface area contributed by atoms with E-state index in [1.54, 1.807) is 23.6 Å². The van der Waals surface area contributed by atoms with Crippen molar-refractivity contribution in [3.63, 3.8) is 0 Å². The average molecular weight is 469 g/mol. The molecule has 0 radical (unpaired) electrons. The highest BCUT2D eigenvalue weighted by atomic mass is 32.2. The SMILES string of the molecule is CCCc1cc(S(=O)(=O)N(Cc2ccc(OC)cc2OC)c2nccs2)c(F)cc1F. The third-order valence-corrected chi connectivity index (χ3v) is 7.29. The highest BCUT2D eigenvalue weighted by molar-refractivity contribution is 7.93. The summed E-state index contributed by atoms with van der Waals surface area (Å²) in [6.07, 6.45) is 2.33. The van der Waals surface area contributed by atoms with Gasteiger partial charge in [-0.25, -0.2) is 26.5 Å². The zero-order valence-corrected chi connectivity index (χ0v) is 18.9. The maximum Gasteiger partial charge on any atom is 0.269 e. The number of anilines is 1. The van der Waals surface area contributed by atoms with Gasteiger partial charge in [-0.05, 0) is 30.2 Å². The van der Waals surface area contributed by atoms with Gasteiger partial charge >= 0.3 is 0 Å². The van der Waals surface area contributed by atoms with Crippen LogP contribution in [0.1, 0.15) is 24.5 Å². The molecule has 166 valence electrons. The van der Waals surface area contributed by atoms with Gasteiger partial charge in [0.15, 0.2) is 5.13 Å². The number of sulfonamides is 1. The highest BCUT2D eigenvalue weighted by Crippen LogP contribution is 2.33. The van der Waals surface area contributed by atoms with E-state index >= 15 is 0 Å². The summed E-state index contributed by atoms with van der Waals surface area (Å²) in [5.41, 5.74) is 0.668. The number of hydrogen-bond donors (Lipinski definition) is 0. The zero-order valence-electron chi connectivity index (χ0n) is 17.3. The molecule has 31 heavy (non-hydrogen) atoms. The predicted octanol–water partition coefficient (Wildman–Crippen LogP) is 4.79. The fourth-order valence-corrected chi connectivity index (χ4v) is 5.45. The van der Waals surface area contributed by atoms with Gasteiger partial charge in [-0.3, -0.25) is 0 Å². The molecule has 0 saturated heterocycles. The first-order valence-corrected chi connectivity index (χ1v) is 11.7. The second-order valence-corrected chi connectivity index (χ2v) is 9.33. The van der Waals surface area contributed by atoms with Crippen molar-refractivity contribution in [2.45, 2.75) is 31.2 Å². The standard InChI is InChI=1S/C21H22F2N2O4S2/c1-4-5-14-10-20(18(23)12-17(14)22)31(26,27)25(21-24-8-9-30-21)13-15-6-7-16(28-2)11-19(15)29-3/h6-12H,4-5,13H2,1-3H3. The lowest BCUT2D eigenvalue weighted by molar-refractivity contribution is 0.391. The Bertz CT molecular complexity index is 1150. The first-order chi connectivity index (χ1) is 14.8. The van der Waals surface area contributed by atoms with Crippen LogP contribution in [0.15, 0.2) is 46.8 Å². The minimum absolute atomic E-state index is 0.142. The monoisotopic (exact) mass is 468 g/mol. The number of nitrogens with zero attached hydrogens (tertiary/aromatic N) is 2. The van der Waals surface area contributed by atoms with Crippen LogP contribution in [0.2, 0.25) is 0 Å². The fraction of sp³-hybridized carbons (Fsp3) is 0.286. The predicted molar refractivity (Wildman–Crippen MR) is 115 cm³/mol. The molecule has 3 rings (SSSR count). The molecule has 6 nitrogen and oxygen atoms in total. The Labute approximate surface area is 184 Å². The summed E-state index contributed by atoms with van der Waals surface area (Å²) < 4.78 is 67.3. The number of methoxy groups -OCH3 is 2. The number of hydrogen-bond acceptors (Lipinski definition) is 6. The van der Waals surface area contributed by atoms with Gasteiger partial charge in [-0.1, -0.05) is 13.3 Å². The quantitative estimate of drug-likeness (QED) is 0.452. The molecule has 0 aliphatic carbocycles. The second kappa shape index (κ2) is 9.61. The molecular formula is C21H22F2N2O4S2. The molecule has 1 aromatic heterocycles. The van der Waals surface area contributed by atoms with E-state index in [9.17, 15) is 17.2 Å². The Hall–Kier alpha value is -2.72. The van der Waals surface area contributed by atoms with Crippen molar-refractivity contribution in [1.29, 1.82) is 0 Å². The Morgan fingerprint density at radius 1 is 1.06 bits per heavy atom. The molecule has 0 aliphatic rings. The van der Waals surface area contributed by atoms with Crippen molar-refractivity contribution in [1.82, 2.24) is 4.98 Å². The molecule has 3 aromatic rings. The molecule has 0 unspecified atom stereocenters. The first kappa shape index (κ1) is 23.0. The first-order valence-electron chi connectivity index (χ1n) is 9.42. The summed E-state index contributed by atoms with van der Waals surface area (Å²) >= 11 is 1.09. The van der Waals surface area contributed by atoms with Gasteiger partial charge in [0.2, 0.25) is 0 Å². The van der Waals surface area contributed by atoms with E-state index in [-0.39, 0.29) is 23.7 Å². The van der Waals surface area contributed by atoms with Crippen LogP contribution >= 0.6 is 11.3 Å². The number of halogens is 2. The van der Waals surface area contributed by atoms with Gasteiger partial charge in [0.05, 0.1) is 20.8 Å². The fourth-order valence-electron chi connectivity index (χ4n) is 3.08. The summed E-state index contributed by atoms with van der Waals surface area (Å²) in [6, 6.07) is 6.64. The van der Waals surface area contributed by atoms with Crippen LogP contribution in [0.4, 0.5) is 13.9 Å². The molecule has 0 fully saturated rings. The smallest absolute Gasteiger partial charge is 0.269 e. The van der Waals surface area contributed by atoms with E-state index in [0.29, 0.717) is 29.5 Å². The lowest BCUT2D eigenvalue weighted by atomic mass is 10.1. The third-order valence-electron chi connectivity index (χ3n) is 4.63. The largest absolute Gasteiger partial charge is 0.497 e. The van der Waals surface area contributed by atoms with Crippen LogP contribution in [0.5, 0.6) is 11.5 Å². The molecule has 0 saturated carbocycles. The maximum absolute atomic E-state index is 14.6. The van der Waals surface area contributed by atoms with Crippen LogP contribution in [-0.4, -0.2) is 27.6 Å². The molecule has 0 amide bonds. The van der Waals surface area contributed by atoms with Crippen molar-refractivity contribution in [3.8, 4) is 11.5 Å². The molecule has 0 N–H and O–H groups in total. The van der Waals surface area contributed by atoms with Crippen molar-refractivity contribution in [3.05, 3.63) is 64.7 Å². The molecule has 2 aromatic carbocycles. The summed E-state index contributed by atoms with van der Waals surface area (Å²) in [5.74, 6) is -0.975. The van der Waals surface area contributed by atoms with Crippen molar-refractivity contribution in [2.24, 2.45) is 0 Å². The van der Waals surface area contributed by atoms with E-state index in [4.69, 9.17) is 9.47 Å². The van der Waals surface area contributed by atoms with Gasteiger partial charge in [-0.15, -0.1) is 11.3 Å². The topological polar surface area (TPSA) is 68.7 Å². The number of aromatic nitrogens is 1. The maximum atomic E-state index is 14.6. The van der Waals surface area contributed by atoms with Crippen LogP contribution < -0.4 is 13.8 Å². The van der Waals surface area contributed by atoms with Gasteiger partial charge in [0, 0.05) is 29.3 Å². The van der Waals surface area contributed by atoms with Crippen molar-refractivity contribution in [2.75, 3.05) is 18.5 Å². The number of aryl methyl sites for hydroxylation is 1. The van der Waals surface area contributed by atoms with Crippen LogP contribution in [0, 0.1) is 11.6 Å². The number of thiazole rings is 1. The molecule has 0 spiro atoms. The highest BCUT2D eigenvalue weighted by Gasteiger charge is 2.31. The lowest BCUT2D eigenvalue weighted by Crippen LogP contribution is -2.31. The van der Waals surface area contributed by atoms with Crippen LogP contribution in [0.3, 0.4) is 0 Å². The lowest BCUT2D eigenvalue weighted by Gasteiger charge is -2.23. The third kappa shape index (κ3) is 4.80. The Balaban J connectivity index is 2.11. The minimum Gasteiger partial charge on any atom is -0.497 e. The van der Waals surface area contributed by atoms with Gasteiger partial charge < -0.3 is 9.47 Å². The molecular weight excluding hydrogens is 446 g/mol. The average Bonchev–Trinajstić information content (AvgIpc) is 3.28. The molecule has 0 bridgehead atoms. The molecule has 0 atom stereocenters. The Morgan fingerprint density at radius 2 is 1.84 bits per heavy atom. The Kier molecular flexibility index (Phi) is 7.11. The van der Waals surface area contributed by atoms with Gasteiger partial charge in [0.1, 0.15) is 28.0 Å². The second-order valence-electron chi connectivity index (χ2n) is 6.63. The Morgan fingerprint density at radius 3 is 2.45 bits per heavy atom.